The van der Waals surface area contributed by atoms with E-state index in [1.807, 2.05) is 4.98 Å². The SMILES string of the molecule is C#CC1(N)[C@@H](O)[C@@H]([C@@H](C)O)O[C@H]1n1cnc(=O)[nH]c1=O. The fraction of sp³-hybridized carbons (Fsp3) is 0.545. The number of aromatic nitrogens is 3. The molecule has 1 aliphatic rings. The van der Waals surface area contributed by atoms with Gasteiger partial charge in [-0.2, -0.15) is 4.98 Å². The summed E-state index contributed by atoms with van der Waals surface area (Å²) in [6.45, 7) is 1.39. The van der Waals surface area contributed by atoms with Crippen LogP contribution in [0, 0.1) is 12.3 Å². The Bertz CT molecular complexity index is 660. The average Bonchev–Trinajstić information content (AvgIpc) is 2.64. The molecule has 1 aromatic rings. The fourth-order valence-electron chi connectivity index (χ4n) is 2.11. The van der Waals surface area contributed by atoms with Crippen molar-refractivity contribution in [1.29, 1.82) is 0 Å². The maximum absolute atomic E-state index is 11.7. The summed E-state index contributed by atoms with van der Waals surface area (Å²) < 4.78 is 6.25. The second kappa shape index (κ2) is 4.84. The van der Waals surface area contributed by atoms with E-state index < -0.39 is 41.5 Å². The lowest BCUT2D eigenvalue weighted by molar-refractivity contribution is -0.0782. The van der Waals surface area contributed by atoms with E-state index in [2.05, 4.69) is 10.9 Å². The molecule has 1 aliphatic heterocycles. The van der Waals surface area contributed by atoms with Gasteiger partial charge in [0.25, 0.3) is 0 Å². The number of terminal acetylenes is 1. The standard InChI is InChI=1S/C11H14N4O5/c1-3-11(12)7(17)6(5(2)16)20-8(11)15-4-13-9(18)14-10(15)19/h1,4-8,16-17H,12H2,2H3,(H,14,18,19)/t5-,6-,7+,8-,11?/m1/s1. The van der Waals surface area contributed by atoms with Crippen molar-refractivity contribution in [3.8, 4) is 12.3 Å². The van der Waals surface area contributed by atoms with Gasteiger partial charge in [-0.1, -0.05) is 5.92 Å². The summed E-state index contributed by atoms with van der Waals surface area (Å²) in [7, 11) is 0. The van der Waals surface area contributed by atoms with E-state index in [1.54, 1.807) is 0 Å². The van der Waals surface area contributed by atoms with E-state index in [4.69, 9.17) is 16.9 Å². The number of aliphatic hydroxyl groups is 2. The van der Waals surface area contributed by atoms with Gasteiger partial charge in [-0.25, -0.2) is 9.59 Å². The number of rotatable bonds is 2. The van der Waals surface area contributed by atoms with Crippen molar-refractivity contribution in [3.05, 3.63) is 27.3 Å². The van der Waals surface area contributed by atoms with Crippen LogP contribution in [0.5, 0.6) is 0 Å². The Morgan fingerprint density at radius 3 is 2.85 bits per heavy atom. The Labute approximate surface area is 113 Å². The molecule has 0 bridgehead atoms. The first kappa shape index (κ1) is 14.4. The van der Waals surface area contributed by atoms with Gasteiger partial charge in [0.1, 0.15) is 18.5 Å². The Hall–Kier alpha value is -1.99. The largest absolute Gasteiger partial charge is 0.391 e. The highest BCUT2D eigenvalue weighted by molar-refractivity contribution is 5.22. The van der Waals surface area contributed by atoms with Crippen LogP contribution in [0.15, 0.2) is 15.9 Å². The van der Waals surface area contributed by atoms with Gasteiger partial charge in [0.15, 0.2) is 11.8 Å². The summed E-state index contributed by atoms with van der Waals surface area (Å²) in [6.07, 6.45) is 1.46. The van der Waals surface area contributed by atoms with Crippen LogP contribution in [0.2, 0.25) is 0 Å². The monoisotopic (exact) mass is 282 g/mol. The lowest BCUT2D eigenvalue weighted by Crippen LogP contribution is -2.55. The number of ether oxygens (including phenoxy) is 1. The quantitative estimate of drug-likeness (QED) is 0.421. The summed E-state index contributed by atoms with van der Waals surface area (Å²) in [4.78, 5) is 28.0. The number of nitrogens with zero attached hydrogens (tertiary/aromatic N) is 2. The first-order valence-electron chi connectivity index (χ1n) is 5.77. The number of aromatic amines is 1. The van der Waals surface area contributed by atoms with Crippen molar-refractivity contribution in [1.82, 2.24) is 14.5 Å². The van der Waals surface area contributed by atoms with Crippen LogP contribution in [0.1, 0.15) is 13.2 Å². The molecule has 0 aromatic carbocycles. The number of H-pyrrole nitrogens is 1. The topological polar surface area (TPSA) is 143 Å². The smallest absolute Gasteiger partial charge is 0.350 e. The number of hydrogen-bond donors (Lipinski definition) is 4. The van der Waals surface area contributed by atoms with Crippen LogP contribution in [-0.2, 0) is 4.74 Å². The van der Waals surface area contributed by atoms with Crippen LogP contribution in [0.25, 0.3) is 0 Å². The summed E-state index contributed by atoms with van der Waals surface area (Å²) in [5.41, 5.74) is 2.50. The Balaban J connectivity index is 2.53. The van der Waals surface area contributed by atoms with Crippen LogP contribution in [0.4, 0.5) is 0 Å². The molecule has 0 saturated carbocycles. The number of nitrogens with two attached hydrogens (primary N) is 1. The second-order valence-corrected chi connectivity index (χ2v) is 4.60. The van der Waals surface area contributed by atoms with E-state index in [-0.39, 0.29) is 0 Å². The maximum Gasteiger partial charge on any atom is 0.350 e. The predicted octanol–water partition coefficient (Wildman–Crippen LogP) is -3.10. The summed E-state index contributed by atoms with van der Waals surface area (Å²) in [5, 5.41) is 19.7. The van der Waals surface area contributed by atoms with Gasteiger partial charge in [-0.15, -0.1) is 6.42 Å². The molecule has 9 nitrogen and oxygen atoms in total. The van der Waals surface area contributed by atoms with Crippen molar-refractivity contribution in [2.45, 2.75) is 37.0 Å². The molecule has 5 N–H and O–H groups in total. The second-order valence-electron chi connectivity index (χ2n) is 4.60. The highest BCUT2D eigenvalue weighted by atomic mass is 16.5. The van der Waals surface area contributed by atoms with Crippen LogP contribution in [-0.4, -0.2) is 48.6 Å². The molecule has 0 spiro atoms. The highest BCUT2D eigenvalue weighted by Crippen LogP contribution is 2.36. The van der Waals surface area contributed by atoms with E-state index >= 15 is 0 Å². The summed E-state index contributed by atoms with van der Waals surface area (Å²) >= 11 is 0. The molecule has 0 radical (unpaired) electrons. The Morgan fingerprint density at radius 2 is 2.35 bits per heavy atom. The zero-order valence-electron chi connectivity index (χ0n) is 10.6. The van der Waals surface area contributed by atoms with Crippen LogP contribution in [0.3, 0.4) is 0 Å². The Kier molecular flexibility index (Phi) is 3.49. The van der Waals surface area contributed by atoms with Gasteiger partial charge in [0.05, 0.1) is 6.10 Å². The first-order valence-corrected chi connectivity index (χ1v) is 5.77. The molecule has 1 unspecified atom stereocenters. The van der Waals surface area contributed by atoms with Crippen molar-refractivity contribution >= 4 is 0 Å². The van der Waals surface area contributed by atoms with Gasteiger partial charge in [0, 0.05) is 0 Å². The van der Waals surface area contributed by atoms with Crippen molar-refractivity contribution < 1.29 is 14.9 Å². The molecule has 2 rings (SSSR count). The van der Waals surface area contributed by atoms with Gasteiger partial charge >= 0.3 is 11.4 Å². The molecule has 1 aromatic heterocycles. The van der Waals surface area contributed by atoms with Gasteiger partial charge in [-0.3, -0.25) is 9.55 Å². The minimum absolute atomic E-state index is 0.833. The van der Waals surface area contributed by atoms with Crippen molar-refractivity contribution in [3.63, 3.8) is 0 Å². The summed E-state index contributed by atoms with van der Waals surface area (Å²) in [6, 6.07) is 0. The van der Waals surface area contributed by atoms with Gasteiger partial charge in [-0.05, 0) is 6.92 Å². The molecule has 108 valence electrons. The lowest BCUT2D eigenvalue weighted by Gasteiger charge is -2.27. The molecule has 9 heteroatoms. The zero-order chi connectivity index (χ0) is 15.1. The molecule has 1 saturated heterocycles. The number of aliphatic hydroxyl groups excluding tert-OH is 2. The van der Waals surface area contributed by atoms with Crippen LogP contribution < -0.4 is 17.1 Å². The predicted molar refractivity (Wildman–Crippen MR) is 66.5 cm³/mol. The molecular weight excluding hydrogens is 268 g/mol. The molecule has 1 fully saturated rings. The lowest BCUT2D eigenvalue weighted by atomic mass is 9.90. The first-order chi connectivity index (χ1) is 9.31. The normalized spacial score (nSPS) is 34.6. The van der Waals surface area contributed by atoms with Gasteiger partial charge < -0.3 is 20.7 Å². The third-order valence-electron chi connectivity index (χ3n) is 3.22. The minimum atomic E-state index is -1.74. The zero-order valence-corrected chi connectivity index (χ0v) is 10.6. The Morgan fingerprint density at radius 1 is 1.70 bits per heavy atom. The van der Waals surface area contributed by atoms with E-state index in [0.29, 0.717) is 0 Å². The van der Waals surface area contributed by atoms with Gasteiger partial charge in [0.2, 0.25) is 0 Å². The average molecular weight is 282 g/mol. The molecule has 0 amide bonds. The number of nitrogens with one attached hydrogen (secondary N) is 1. The molecule has 20 heavy (non-hydrogen) atoms. The molecular formula is C11H14N4O5. The molecule has 0 aliphatic carbocycles. The third-order valence-corrected chi connectivity index (χ3v) is 3.22. The highest BCUT2D eigenvalue weighted by Gasteiger charge is 2.55. The molecule has 2 heterocycles. The van der Waals surface area contributed by atoms with E-state index in [1.165, 1.54) is 6.92 Å². The van der Waals surface area contributed by atoms with Crippen molar-refractivity contribution in [2.24, 2.45) is 5.73 Å². The molecule has 5 atom stereocenters. The summed E-state index contributed by atoms with van der Waals surface area (Å²) in [5.74, 6) is 2.18. The fourth-order valence-corrected chi connectivity index (χ4v) is 2.11. The minimum Gasteiger partial charge on any atom is -0.391 e. The van der Waals surface area contributed by atoms with Crippen LogP contribution >= 0.6 is 0 Å². The third kappa shape index (κ3) is 2.04. The van der Waals surface area contributed by atoms with E-state index in [9.17, 15) is 19.8 Å². The van der Waals surface area contributed by atoms with Crippen molar-refractivity contribution in [2.75, 3.05) is 0 Å². The maximum atomic E-state index is 11.7. The number of hydrogen-bond acceptors (Lipinski definition) is 7. The van der Waals surface area contributed by atoms with E-state index in [0.717, 1.165) is 10.9 Å².